The van der Waals surface area contributed by atoms with E-state index < -0.39 is 5.54 Å². The third-order valence-electron chi connectivity index (χ3n) is 2.11. The molecule has 1 saturated carbocycles. The fourth-order valence-corrected chi connectivity index (χ4v) is 1.51. The number of hydrogen-bond donors (Lipinski definition) is 1. The van der Waals surface area contributed by atoms with Crippen LogP contribution in [-0.4, -0.2) is 18.1 Å². The lowest BCUT2D eigenvalue weighted by atomic mass is 10.2. The molecule has 0 aliphatic heterocycles. The highest BCUT2D eigenvalue weighted by Crippen LogP contribution is 2.45. The van der Waals surface area contributed by atoms with Crippen LogP contribution in [0.1, 0.15) is 13.3 Å². The maximum Gasteiger partial charge on any atom is 0.328 e. The van der Waals surface area contributed by atoms with Gasteiger partial charge in [-0.15, -0.1) is 6.58 Å². The van der Waals surface area contributed by atoms with Crippen LogP contribution in [0.25, 0.3) is 0 Å². The van der Waals surface area contributed by atoms with E-state index in [-0.39, 0.29) is 11.9 Å². The summed E-state index contributed by atoms with van der Waals surface area (Å²) in [5, 5.41) is 0. The van der Waals surface area contributed by atoms with Crippen LogP contribution in [0, 0.1) is 5.92 Å². The van der Waals surface area contributed by atoms with E-state index in [4.69, 9.17) is 16.5 Å². The van der Waals surface area contributed by atoms with Gasteiger partial charge in [0.1, 0.15) is 5.54 Å². The zero-order valence-electron chi connectivity index (χ0n) is 6.97. The Labute approximate surface area is 76.8 Å². The lowest BCUT2D eigenvalue weighted by molar-refractivity contribution is -0.146. The summed E-state index contributed by atoms with van der Waals surface area (Å²) in [7, 11) is 0. The molecule has 0 bridgehead atoms. The standard InChI is InChI=1S/C8H12ClNO2/c1-3-6-5-8(6,10-9)7(11)12-4-2/h3,6,10H,1,4-5H2,2H3/t6-,8-/m1/s1. The van der Waals surface area contributed by atoms with Gasteiger partial charge in [-0.25, -0.2) is 9.63 Å². The molecule has 1 aliphatic rings. The second kappa shape index (κ2) is 3.46. The lowest BCUT2D eigenvalue weighted by Crippen LogP contribution is -2.37. The summed E-state index contributed by atoms with van der Waals surface area (Å²) in [6, 6.07) is 0. The topological polar surface area (TPSA) is 38.3 Å². The average molecular weight is 190 g/mol. The van der Waals surface area contributed by atoms with E-state index in [1.165, 1.54) is 0 Å². The van der Waals surface area contributed by atoms with E-state index in [2.05, 4.69) is 11.4 Å². The van der Waals surface area contributed by atoms with E-state index in [1.807, 2.05) is 0 Å². The Hall–Kier alpha value is -0.540. The molecular weight excluding hydrogens is 178 g/mol. The molecule has 1 N–H and O–H groups in total. The monoisotopic (exact) mass is 189 g/mol. The van der Waals surface area contributed by atoms with Crippen LogP contribution in [0.4, 0.5) is 0 Å². The normalized spacial score (nSPS) is 32.7. The van der Waals surface area contributed by atoms with Crippen molar-refractivity contribution in [2.45, 2.75) is 18.9 Å². The Morgan fingerprint density at radius 3 is 3.00 bits per heavy atom. The molecule has 1 aliphatic carbocycles. The first-order valence-corrected chi connectivity index (χ1v) is 4.26. The number of halogens is 1. The number of ether oxygens (including phenoxy) is 1. The highest BCUT2D eigenvalue weighted by atomic mass is 35.5. The van der Waals surface area contributed by atoms with Gasteiger partial charge in [0.05, 0.1) is 6.61 Å². The van der Waals surface area contributed by atoms with Gasteiger partial charge in [-0.3, -0.25) is 0 Å². The maximum atomic E-state index is 11.3. The van der Waals surface area contributed by atoms with E-state index in [9.17, 15) is 4.79 Å². The van der Waals surface area contributed by atoms with Crippen LogP contribution < -0.4 is 4.84 Å². The van der Waals surface area contributed by atoms with Crippen molar-refractivity contribution in [3.05, 3.63) is 12.7 Å². The number of carbonyl (C=O) groups excluding carboxylic acids is 1. The van der Waals surface area contributed by atoms with Gasteiger partial charge in [0.2, 0.25) is 0 Å². The predicted molar refractivity (Wildman–Crippen MR) is 46.7 cm³/mol. The number of carbonyl (C=O) groups is 1. The Balaban J connectivity index is 2.58. The van der Waals surface area contributed by atoms with Gasteiger partial charge >= 0.3 is 5.97 Å². The summed E-state index contributed by atoms with van der Waals surface area (Å²) in [4.78, 5) is 13.8. The lowest BCUT2D eigenvalue weighted by Gasteiger charge is -2.11. The van der Waals surface area contributed by atoms with Crippen molar-refractivity contribution in [3.8, 4) is 0 Å². The molecule has 0 radical (unpaired) electrons. The van der Waals surface area contributed by atoms with Crippen molar-refractivity contribution in [1.82, 2.24) is 4.84 Å². The molecule has 68 valence electrons. The Morgan fingerprint density at radius 2 is 2.67 bits per heavy atom. The predicted octanol–water partition coefficient (Wildman–Crippen LogP) is 1.24. The van der Waals surface area contributed by atoms with Gasteiger partial charge in [0.15, 0.2) is 0 Å². The Morgan fingerprint density at radius 1 is 2.00 bits per heavy atom. The van der Waals surface area contributed by atoms with E-state index in [0.29, 0.717) is 13.0 Å². The molecule has 1 rings (SSSR count). The molecule has 0 saturated heterocycles. The molecule has 0 amide bonds. The molecule has 0 aromatic carbocycles. The van der Waals surface area contributed by atoms with Crippen molar-refractivity contribution in [1.29, 1.82) is 0 Å². The van der Waals surface area contributed by atoms with Gasteiger partial charge < -0.3 is 4.74 Å². The first-order chi connectivity index (χ1) is 5.71. The van der Waals surface area contributed by atoms with Crippen molar-refractivity contribution < 1.29 is 9.53 Å². The number of esters is 1. The minimum atomic E-state index is -0.695. The van der Waals surface area contributed by atoms with Gasteiger partial charge in [-0.05, 0) is 25.1 Å². The summed E-state index contributed by atoms with van der Waals surface area (Å²) in [5.41, 5.74) is -0.695. The van der Waals surface area contributed by atoms with Crippen molar-refractivity contribution in [2.24, 2.45) is 5.92 Å². The van der Waals surface area contributed by atoms with E-state index >= 15 is 0 Å². The fraction of sp³-hybridized carbons (Fsp3) is 0.625. The summed E-state index contributed by atoms with van der Waals surface area (Å²) in [6.07, 6.45) is 2.39. The molecule has 0 unspecified atom stereocenters. The van der Waals surface area contributed by atoms with E-state index in [1.54, 1.807) is 13.0 Å². The zero-order chi connectivity index (χ0) is 9.19. The zero-order valence-corrected chi connectivity index (χ0v) is 7.73. The fourth-order valence-electron chi connectivity index (χ4n) is 1.21. The van der Waals surface area contributed by atoms with Crippen LogP contribution >= 0.6 is 11.8 Å². The molecule has 1 fully saturated rings. The van der Waals surface area contributed by atoms with Crippen molar-refractivity contribution >= 4 is 17.7 Å². The maximum absolute atomic E-state index is 11.3. The average Bonchev–Trinajstić information content (AvgIpc) is 2.80. The first-order valence-electron chi connectivity index (χ1n) is 3.89. The van der Waals surface area contributed by atoms with Crippen LogP contribution in [0.15, 0.2) is 12.7 Å². The summed E-state index contributed by atoms with van der Waals surface area (Å²) < 4.78 is 4.86. The van der Waals surface area contributed by atoms with E-state index in [0.717, 1.165) is 0 Å². The Bertz CT molecular complexity index is 207. The quantitative estimate of drug-likeness (QED) is 0.411. The molecule has 0 spiro atoms. The summed E-state index contributed by atoms with van der Waals surface area (Å²) in [6.45, 7) is 5.75. The van der Waals surface area contributed by atoms with Crippen LogP contribution in [0.3, 0.4) is 0 Å². The van der Waals surface area contributed by atoms with Gasteiger partial charge in [0, 0.05) is 5.92 Å². The molecule has 3 nitrogen and oxygen atoms in total. The minimum absolute atomic E-state index is 0.106. The molecule has 2 atom stereocenters. The van der Waals surface area contributed by atoms with Crippen LogP contribution in [-0.2, 0) is 9.53 Å². The van der Waals surface area contributed by atoms with Crippen molar-refractivity contribution in [3.63, 3.8) is 0 Å². The molecule has 0 aromatic rings. The number of hydrogen-bond acceptors (Lipinski definition) is 3. The SMILES string of the molecule is C=C[C@@H]1C[C@]1(NCl)C(=O)OCC. The third-order valence-corrected chi connectivity index (χ3v) is 2.44. The Kier molecular flexibility index (Phi) is 2.75. The molecule has 0 aromatic heterocycles. The molecule has 4 heteroatoms. The van der Waals surface area contributed by atoms with Gasteiger partial charge in [-0.2, -0.15) is 0 Å². The second-order valence-corrected chi connectivity index (χ2v) is 3.02. The largest absolute Gasteiger partial charge is 0.465 e. The second-order valence-electron chi connectivity index (χ2n) is 2.83. The summed E-state index contributed by atoms with van der Waals surface area (Å²) >= 11 is 5.46. The number of rotatable bonds is 4. The number of nitrogens with one attached hydrogen (secondary N) is 1. The summed E-state index contributed by atoms with van der Waals surface area (Å²) in [5.74, 6) is -0.182. The minimum Gasteiger partial charge on any atom is -0.465 e. The molecule has 12 heavy (non-hydrogen) atoms. The van der Waals surface area contributed by atoms with Crippen LogP contribution in [0.2, 0.25) is 0 Å². The van der Waals surface area contributed by atoms with Gasteiger partial charge in [-0.1, -0.05) is 6.08 Å². The third kappa shape index (κ3) is 1.34. The highest BCUT2D eigenvalue weighted by molar-refractivity contribution is 6.16. The van der Waals surface area contributed by atoms with Gasteiger partial charge in [0.25, 0.3) is 0 Å². The highest BCUT2D eigenvalue weighted by Gasteiger charge is 2.59. The van der Waals surface area contributed by atoms with Crippen LogP contribution in [0.5, 0.6) is 0 Å². The first kappa shape index (κ1) is 9.55. The smallest absolute Gasteiger partial charge is 0.328 e. The van der Waals surface area contributed by atoms with Crippen molar-refractivity contribution in [2.75, 3.05) is 6.61 Å². The molecule has 0 heterocycles. The molecular formula is C8H12ClNO2.